The molecule has 1 aromatic heterocycles. The number of hydrogen-bond donors (Lipinski definition) is 1. The van der Waals surface area contributed by atoms with Crippen LogP contribution in [0.5, 0.6) is 0 Å². The Balaban J connectivity index is 2.92. The van der Waals surface area contributed by atoms with Gasteiger partial charge in [-0.2, -0.15) is 0 Å². The van der Waals surface area contributed by atoms with Gasteiger partial charge in [0.2, 0.25) is 0 Å². The fourth-order valence-electron chi connectivity index (χ4n) is 1.35. The number of aromatic nitrogens is 1. The van der Waals surface area contributed by atoms with Crippen LogP contribution in [0.4, 0.5) is 14.6 Å². The Morgan fingerprint density at radius 3 is 2.73 bits per heavy atom. The third-order valence-electron chi connectivity index (χ3n) is 2.04. The van der Waals surface area contributed by atoms with E-state index in [2.05, 4.69) is 4.98 Å². The average molecular weight is 216 g/mol. The second-order valence-electron chi connectivity index (χ2n) is 3.36. The SMILES string of the molecule is C[C@H](O)c1cccnc1N(C)CC(F)F. The molecular weight excluding hydrogens is 202 g/mol. The Bertz CT molecular complexity index is 318. The Hall–Kier alpha value is -1.23. The number of hydrogen-bond acceptors (Lipinski definition) is 3. The van der Waals surface area contributed by atoms with E-state index >= 15 is 0 Å². The van der Waals surface area contributed by atoms with Gasteiger partial charge in [0.1, 0.15) is 5.82 Å². The normalized spacial score (nSPS) is 12.9. The molecule has 1 rings (SSSR count). The largest absolute Gasteiger partial charge is 0.389 e. The van der Waals surface area contributed by atoms with Crippen LogP contribution in [0.3, 0.4) is 0 Å². The summed E-state index contributed by atoms with van der Waals surface area (Å²) in [6.07, 6.45) is -1.61. The van der Waals surface area contributed by atoms with Crippen LogP contribution in [0.2, 0.25) is 0 Å². The molecule has 5 heteroatoms. The van der Waals surface area contributed by atoms with Crippen molar-refractivity contribution < 1.29 is 13.9 Å². The summed E-state index contributed by atoms with van der Waals surface area (Å²) in [5.41, 5.74) is 0.556. The second-order valence-corrected chi connectivity index (χ2v) is 3.36. The minimum absolute atomic E-state index is 0.392. The lowest BCUT2D eigenvalue weighted by atomic mass is 10.1. The average Bonchev–Trinajstić information content (AvgIpc) is 2.16. The zero-order valence-corrected chi connectivity index (χ0v) is 8.69. The van der Waals surface area contributed by atoms with E-state index in [-0.39, 0.29) is 0 Å². The summed E-state index contributed by atoms with van der Waals surface area (Å²) in [6, 6.07) is 3.34. The molecule has 0 fully saturated rings. The molecule has 1 atom stereocenters. The van der Waals surface area contributed by atoms with Gasteiger partial charge in [-0.15, -0.1) is 0 Å². The lowest BCUT2D eigenvalue weighted by Gasteiger charge is -2.21. The van der Waals surface area contributed by atoms with E-state index in [0.29, 0.717) is 11.4 Å². The van der Waals surface area contributed by atoms with Crippen LogP contribution in [0.25, 0.3) is 0 Å². The summed E-state index contributed by atoms with van der Waals surface area (Å²) in [6.45, 7) is 1.19. The standard InChI is InChI=1S/C10H14F2N2O/c1-7(15)8-4-3-5-13-10(8)14(2)6-9(11)12/h3-5,7,9,15H,6H2,1-2H3/t7-/m0/s1. The van der Waals surface area contributed by atoms with Gasteiger partial charge in [0, 0.05) is 18.8 Å². The maximum Gasteiger partial charge on any atom is 0.255 e. The molecule has 0 unspecified atom stereocenters. The highest BCUT2D eigenvalue weighted by Crippen LogP contribution is 2.22. The molecule has 0 aliphatic carbocycles. The van der Waals surface area contributed by atoms with Gasteiger partial charge in [-0.05, 0) is 13.0 Å². The Kier molecular flexibility index (Phi) is 3.96. The van der Waals surface area contributed by atoms with Crippen molar-refractivity contribution in [1.29, 1.82) is 0 Å². The molecule has 0 bridgehead atoms. The Morgan fingerprint density at radius 2 is 2.20 bits per heavy atom. The van der Waals surface area contributed by atoms with Crippen LogP contribution in [0, 0.1) is 0 Å². The van der Waals surface area contributed by atoms with Crippen LogP contribution >= 0.6 is 0 Å². The van der Waals surface area contributed by atoms with Gasteiger partial charge >= 0.3 is 0 Å². The lowest BCUT2D eigenvalue weighted by Crippen LogP contribution is -2.26. The van der Waals surface area contributed by atoms with Crippen LogP contribution in [-0.2, 0) is 0 Å². The van der Waals surface area contributed by atoms with Crippen molar-refractivity contribution in [3.8, 4) is 0 Å². The van der Waals surface area contributed by atoms with Gasteiger partial charge in [0.15, 0.2) is 0 Å². The maximum atomic E-state index is 12.2. The molecule has 0 aromatic carbocycles. The van der Waals surface area contributed by atoms with E-state index in [1.807, 2.05) is 0 Å². The van der Waals surface area contributed by atoms with E-state index < -0.39 is 19.1 Å². The number of nitrogens with zero attached hydrogens (tertiary/aromatic N) is 2. The molecule has 1 N–H and O–H groups in total. The van der Waals surface area contributed by atoms with Crippen molar-refractivity contribution in [3.63, 3.8) is 0 Å². The van der Waals surface area contributed by atoms with Crippen LogP contribution in [0.15, 0.2) is 18.3 Å². The summed E-state index contributed by atoms with van der Waals surface area (Å²) in [4.78, 5) is 5.33. The molecule has 0 saturated carbocycles. The number of alkyl halides is 2. The van der Waals surface area contributed by atoms with E-state index in [1.165, 1.54) is 18.1 Å². The van der Waals surface area contributed by atoms with Crippen molar-refractivity contribution >= 4 is 5.82 Å². The minimum atomic E-state index is -2.42. The first-order valence-electron chi connectivity index (χ1n) is 4.64. The van der Waals surface area contributed by atoms with Crippen molar-refractivity contribution in [2.24, 2.45) is 0 Å². The van der Waals surface area contributed by atoms with E-state index in [1.54, 1.807) is 19.1 Å². The first-order valence-corrected chi connectivity index (χ1v) is 4.64. The van der Waals surface area contributed by atoms with Gasteiger partial charge in [-0.25, -0.2) is 13.8 Å². The molecule has 84 valence electrons. The molecule has 1 heterocycles. The number of pyridine rings is 1. The fraction of sp³-hybridized carbons (Fsp3) is 0.500. The zero-order chi connectivity index (χ0) is 11.4. The molecule has 0 amide bonds. The predicted octanol–water partition coefficient (Wildman–Crippen LogP) is 1.84. The van der Waals surface area contributed by atoms with Gasteiger partial charge in [-0.3, -0.25) is 0 Å². The third-order valence-corrected chi connectivity index (χ3v) is 2.04. The number of rotatable bonds is 4. The second kappa shape index (κ2) is 5.02. The maximum absolute atomic E-state index is 12.2. The molecule has 0 saturated heterocycles. The van der Waals surface area contributed by atoms with E-state index in [9.17, 15) is 13.9 Å². The third kappa shape index (κ3) is 3.13. The van der Waals surface area contributed by atoms with Crippen molar-refractivity contribution in [1.82, 2.24) is 4.98 Å². The molecule has 1 aromatic rings. The molecule has 3 nitrogen and oxygen atoms in total. The molecule has 0 spiro atoms. The summed E-state index contributed by atoms with van der Waals surface area (Å²) < 4.78 is 24.3. The molecule has 0 aliphatic heterocycles. The van der Waals surface area contributed by atoms with Gasteiger partial charge in [0.25, 0.3) is 6.43 Å². The first kappa shape index (κ1) is 11.8. The van der Waals surface area contributed by atoms with E-state index in [0.717, 1.165) is 0 Å². The van der Waals surface area contributed by atoms with Crippen LogP contribution in [-0.4, -0.2) is 30.1 Å². The van der Waals surface area contributed by atoms with Crippen molar-refractivity contribution in [2.45, 2.75) is 19.5 Å². The van der Waals surface area contributed by atoms with E-state index in [4.69, 9.17) is 0 Å². The summed E-state index contributed by atoms with van der Waals surface area (Å²) in [5.74, 6) is 0.396. The molecule has 0 aliphatic rings. The number of aliphatic hydroxyl groups is 1. The summed E-state index contributed by atoms with van der Waals surface area (Å²) in [5, 5.41) is 9.43. The Labute approximate surface area is 87.4 Å². The van der Waals surface area contributed by atoms with Gasteiger partial charge < -0.3 is 10.0 Å². The number of halogens is 2. The van der Waals surface area contributed by atoms with Crippen molar-refractivity contribution in [3.05, 3.63) is 23.9 Å². The highest BCUT2D eigenvalue weighted by atomic mass is 19.3. The molecule has 15 heavy (non-hydrogen) atoms. The number of aliphatic hydroxyl groups excluding tert-OH is 1. The molecular formula is C10H14F2N2O. The number of anilines is 1. The zero-order valence-electron chi connectivity index (χ0n) is 8.69. The molecule has 0 radical (unpaired) electrons. The smallest absolute Gasteiger partial charge is 0.255 e. The predicted molar refractivity (Wildman–Crippen MR) is 54.1 cm³/mol. The lowest BCUT2D eigenvalue weighted by molar-refractivity contribution is 0.155. The highest BCUT2D eigenvalue weighted by Gasteiger charge is 2.15. The highest BCUT2D eigenvalue weighted by molar-refractivity contribution is 5.47. The monoisotopic (exact) mass is 216 g/mol. The summed E-state index contributed by atoms with van der Waals surface area (Å²) in [7, 11) is 1.53. The topological polar surface area (TPSA) is 36.4 Å². The van der Waals surface area contributed by atoms with Crippen LogP contribution < -0.4 is 4.90 Å². The van der Waals surface area contributed by atoms with Crippen molar-refractivity contribution in [2.75, 3.05) is 18.5 Å². The fourth-order valence-corrected chi connectivity index (χ4v) is 1.35. The van der Waals surface area contributed by atoms with Gasteiger partial charge in [0.05, 0.1) is 12.6 Å². The minimum Gasteiger partial charge on any atom is -0.389 e. The Morgan fingerprint density at radius 1 is 1.53 bits per heavy atom. The first-order chi connectivity index (χ1) is 7.02. The van der Waals surface area contributed by atoms with Crippen LogP contribution in [0.1, 0.15) is 18.6 Å². The quantitative estimate of drug-likeness (QED) is 0.834. The summed E-state index contributed by atoms with van der Waals surface area (Å²) >= 11 is 0. The van der Waals surface area contributed by atoms with Gasteiger partial charge in [-0.1, -0.05) is 6.07 Å².